The van der Waals surface area contributed by atoms with E-state index in [0.717, 1.165) is 11.1 Å². The van der Waals surface area contributed by atoms with Gasteiger partial charge in [0.2, 0.25) is 0 Å². The quantitative estimate of drug-likeness (QED) is 0.913. The molecule has 2 aromatic rings. The van der Waals surface area contributed by atoms with Crippen LogP contribution in [-0.4, -0.2) is 13.4 Å². The Hall–Kier alpha value is -1.72. The lowest BCUT2D eigenvalue weighted by atomic mass is 10.0. The molecule has 94 valence electrons. The minimum absolute atomic E-state index is 0.0479. The zero-order valence-corrected chi connectivity index (χ0v) is 10.8. The zero-order chi connectivity index (χ0) is 13.2. The number of aryl methyl sites for hydroxylation is 1. The summed E-state index contributed by atoms with van der Waals surface area (Å²) in [6.45, 7) is 1.99. The fraction of sp³-hybridized carbons (Fsp3) is 0.154. The van der Waals surface area contributed by atoms with Crippen LogP contribution in [0.15, 0.2) is 47.6 Å². The van der Waals surface area contributed by atoms with Crippen molar-refractivity contribution in [2.45, 2.75) is 18.4 Å². The molecule has 0 saturated heterocycles. The summed E-state index contributed by atoms with van der Waals surface area (Å²) in [5.41, 5.74) is 2.80. The third-order valence-electron chi connectivity index (χ3n) is 2.76. The number of nitrogens with zero attached hydrogens (tertiary/aromatic N) is 1. The normalized spacial score (nSPS) is 11.4. The molecule has 0 atom stereocenters. The van der Waals surface area contributed by atoms with Gasteiger partial charge in [-0.3, -0.25) is 0 Å². The van der Waals surface area contributed by atoms with Crippen molar-refractivity contribution in [3.63, 3.8) is 0 Å². The number of primary sulfonamides is 1. The highest BCUT2D eigenvalue weighted by Gasteiger charge is 2.15. The van der Waals surface area contributed by atoms with Gasteiger partial charge in [-0.15, -0.1) is 0 Å². The number of hydrogen-bond acceptors (Lipinski definition) is 3. The highest BCUT2D eigenvalue weighted by Crippen LogP contribution is 2.17. The minimum Gasteiger partial charge on any atom is -0.243 e. The molecule has 0 aliphatic heterocycles. The molecule has 18 heavy (non-hydrogen) atoms. The predicted molar refractivity (Wildman–Crippen MR) is 69.6 cm³/mol. The molecule has 1 heterocycles. The SMILES string of the molecule is Cc1ccccc1Cc1cccnc1S(N)(=O)=O. The maximum atomic E-state index is 11.4. The summed E-state index contributed by atoms with van der Waals surface area (Å²) in [4.78, 5) is 3.86. The molecule has 0 aliphatic rings. The topological polar surface area (TPSA) is 73.0 Å². The van der Waals surface area contributed by atoms with Gasteiger partial charge in [-0.1, -0.05) is 30.3 Å². The van der Waals surface area contributed by atoms with Gasteiger partial charge in [0.1, 0.15) is 0 Å². The summed E-state index contributed by atoms with van der Waals surface area (Å²) in [5.74, 6) is 0. The van der Waals surface area contributed by atoms with Crippen LogP contribution in [-0.2, 0) is 16.4 Å². The fourth-order valence-electron chi connectivity index (χ4n) is 1.83. The zero-order valence-electron chi connectivity index (χ0n) is 10.00. The summed E-state index contributed by atoms with van der Waals surface area (Å²) in [6.07, 6.45) is 1.94. The van der Waals surface area contributed by atoms with Crippen LogP contribution in [0.5, 0.6) is 0 Å². The number of aromatic nitrogens is 1. The molecule has 0 radical (unpaired) electrons. The molecule has 5 heteroatoms. The number of sulfonamides is 1. The summed E-state index contributed by atoms with van der Waals surface area (Å²) in [5, 5.41) is 5.11. The molecule has 2 rings (SSSR count). The molecule has 0 fully saturated rings. The maximum Gasteiger partial charge on any atom is 0.255 e. The summed E-state index contributed by atoms with van der Waals surface area (Å²) in [6, 6.07) is 11.3. The second-order valence-corrected chi connectivity index (χ2v) is 5.59. The van der Waals surface area contributed by atoms with Crippen molar-refractivity contribution in [2.75, 3.05) is 0 Å². The van der Waals surface area contributed by atoms with Gasteiger partial charge in [0.25, 0.3) is 10.0 Å². The molecule has 0 amide bonds. The first kappa shape index (κ1) is 12.7. The smallest absolute Gasteiger partial charge is 0.243 e. The molecule has 0 unspecified atom stereocenters. The molecular formula is C13H14N2O2S. The van der Waals surface area contributed by atoms with Crippen molar-refractivity contribution in [3.8, 4) is 0 Å². The largest absolute Gasteiger partial charge is 0.255 e. The highest BCUT2D eigenvalue weighted by atomic mass is 32.2. The lowest BCUT2D eigenvalue weighted by Gasteiger charge is -2.08. The van der Waals surface area contributed by atoms with E-state index in [1.807, 2.05) is 31.2 Å². The van der Waals surface area contributed by atoms with Crippen molar-refractivity contribution in [1.82, 2.24) is 4.98 Å². The van der Waals surface area contributed by atoms with Crippen LogP contribution >= 0.6 is 0 Å². The summed E-state index contributed by atoms with van der Waals surface area (Å²) >= 11 is 0. The molecule has 2 N–H and O–H groups in total. The molecule has 0 saturated carbocycles. The Morgan fingerprint density at radius 1 is 1.11 bits per heavy atom. The highest BCUT2D eigenvalue weighted by molar-refractivity contribution is 7.89. The second kappa shape index (κ2) is 4.88. The van der Waals surface area contributed by atoms with Gasteiger partial charge < -0.3 is 0 Å². The van der Waals surface area contributed by atoms with Crippen molar-refractivity contribution in [1.29, 1.82) is 0 Å². The average molecular weight is 262 g/mol. The van der Waals surface area contributed by atoms with Crippen LogP contribution in [0.4, 0.5) is 0 Å². The van der Waals surface area contributed by atoms with Crippen LogP contribution in [0.25, 0.3) is 0 Å². The fourth-order valence-corrected chi connectivity index (χ4v) is 2.54. The van der Waals surface area contributed by atoms with E-state index in [9.17, 15) is 8.42 Å². The van der Waals surface area contributed by atoms with E-state index >= 15 is 0 Å². The number of benzene rings is 1. The minimum atomic E-state index is -3.78. The standard InChI is InChI=1S/C13H14N2O2S/c1-10-5-2-3-6-11(10)9-12-7-4-8-15-13(12)18(14,16)17/h2-8H,9H2,1H3,(H2,14,16,17). The first-order valence-electron chi connectivity index (χ1n) is 5.49. The van der Waals surface area contributed by atoms with Crippen molar-refractivity contribution in [3.05, 3.63) is 59.3 Å². The van der Waals surface area contributed by atoms with E-state index < -0.39 is 10.0 Å². The van der Waals surface area contributed by atoms with Crippen LogP contribution in [0, 0.1) is 6.92 Å². The molecule has 1 aromatic carbocycles. The third-order valence-corrected chi connectivity index (χ3v) is 3.67. The lowest BCUT2D eigenvalue weighted by molar-refractivity contribution is 0.592. The molecular weight excluding hydrogens is 248 g/mol. The van der Waals surface area contributed by atoms with E-state index in [4.69, 9.17) is 5.14 Å². The number of nitrogens with two attached hydrogens (primary N) is 1. The number of pyridine rings is 1. The van der Waals surface area contributed by atoms with Gasteiger partial charge in [-0.25, -0.2) is 18.5 Å². The first-order chi connectivity index (χ1) is 8.48. The van der Waals surface area contributed by atoms with E-state index in [0.29, 0.717) is 12.0 Å². The maximum absolute atomic E-state index is 11.4. The Morgan fingerprint density at radius 3 is 2.44 bits per heavy atom. The average Bonchev–Trinajstić information content (AvgIpc) is 2.31. The van der Waals surface area contributed by atoms with E-state index in [2.05, 4.69) is 4.98 Å². The molecule has 0 aliphatic carbocycles. The Balaban J connectivity index is 2.45. The van der Waals surface area contributed by atoms with Crippen molar-refractivity contribution in [2.24, 2.45) is 5.14 Å². The Labute approximate surface area is 107 Å². The molecule has 0 bridgehead atoms. The van der Waals surface area contributed by atoms with Gasteiger partial charge in [0.05, 0.1) is 0 Å². The van der Waals surface area contributed by atoms with Crippen molar-refractivity contribution >= 4 is 10.0 Å². The summed E-state index contributed by atoms with van der Waals surface area (Å²) < 4.78 is 22.9. The van der Waals surface area contributed by atoms with Gasteiger partial charge in [0.15, 0.2) is 5.03 Å². The van der Waals surface area contributed by atoms with Gasteiger partial charge in [-0.05, 0) is 29.7 Å². The molecule has 1 aromatic heterocycles. The predicted octanol–water partition coefficient (Wildman–Crippen LogP) is 1.63. The number of hydrogen-bond donors (Lipinski definition) is 1. The van der Waals surface area contributed by atoms with Crippen LogP contribution in [0.1, 0.15) is 16.7 Å². The van der Waals surface area contributed by atoms with E-state index in [1.54, 1.807) is 12.1 Å². The van der Waals surface area contributed by atoms with Crippen LogP contribution in [0.2, 0.25) is 0 Å². The lowest BCUT2D eigenvalue weighted by Crippen LogP contribution is -2.16. The first-order valence-corrected chi connectivity index (χ1v) is 7.04. The Morgan fingerprint density at radius 2 is 1.78 bits per heavy atom. The van der Waals surface area contributed by atoms with Crippen LogP contribution in [0.3, 0.4) is 0 Å². The van der Waals surface area contributed by atoms with Gasteiger partial charge in [-0.2, -0.15) is 0 Å². The summed E-state index contributed by atoms with van der Waals surface area (Å²) in [7, 11) is -3.78. The third kappa shape index (κ3) is 2.75. The molecule has 4 nitrogen and oxygen atoms in total. The Bertz CT molecular complexity index is 666. The van der Waals surface area contributed by atoms with E-state index in [-0.39, 0.29) is 5.03 Å². The van der Waals surface area contributed by atoms with E-state index in [1.165, 1.54) is 6.20 Å². The van der Waals surface area contributed by atoms with Crippen molar-refractivity contribution < 1.29 is 8.42 Å². The molecule has 0 spiro atoms. The monoisotopic (exact) mass is 262 g/mol. The Kier molecular flexibility index (Phi) is 3.45. The van der Waals surface area contributed by atoms with Crippen LogP contribution < -0.4 is 5.14 Å². The second-order valence-electron chi connectivity index (χ2n) is 4.12. The van der Waals surface area contributed by atoms with Gasteiger partial charge in [0, 0.05) is 12.6 Å². The number of rotatable bonds is 3. The van der Waals surface area contributed by atoms with Gasteiger partial charge >= 0.3 is 0 Å².